The molecule has 0 saturated carbocycles. The predicted octanol–water partition coefficient (Wildman–Crippen LogP) is 5.45. The first-order valence-electron chi connectivity index (χ1n) is 7.66. The third-order valence-corrected chi connectivity index (χ3v) is 3.74. The fourth-order valence-electron chi connectivity index (χ4n) is 2.60. The molecule has 1 heterocycles. The zero-order chi connectivity index (χ0) is 13.5. The van der Waals surface area contributed by atoms with Gasteiger partial charge in [-0.3, -0.25) is 4.98 Å². The first-order chi connectivity index (χ1) is 9.31. The summed E-state index contributed by atoms with van der Waals surface area (Å²) in [5.41, 5.74) is 3.73. The average molecular weight is 255 g/mol. The molecule has 0 fully saturated rings. The van der Waals surface area contributed by atoms with Crippen LogP contribution >= 0.6 is 0 Å². The molecule has 19 heavy (non-hydrogen) atoms. The number of nitrogens with zero attached hydrogens (tertiary/aromatic N) is 1. The number of aryl methyl sites for hydroxylation is 2. The fourth-order valence-corrected chi connectivity index (χ4v) is 2.60. The van der Waals surface area contributed by atoms with Gasteiger partial charge in [0, 0.05) is 11.1 Å². The van der Waals surface area contributed by atoms with Crippen molar-refractivity contribution in [2.24, 2.45) is 0 Å². The van der Waals surface area contributed by atoms with Gasteiger partial charge in [-0.1, -0.05) is 63.3 Å². The minimum Gasteiger partial charge on any atom is -0.253 e. The topological polar surface area (TPSA) is 12.9 Å². The van der Waals surface area contributed by atoms with E-state index in [-0.39, 0.29) is 0 Å². The van der Waals surface area contributed by atoms with Crippen LogP contribution < -0.4 is 0 Å². The van der Waals surface area contributed by atoms with Crippen LogP contribution in [-0.4, -0.2) is 4.98 Å². The molecule has 0 aliphatic carbocycles. The third kappa shape index (κ3) is 4.05. The number of para-hydroxylation sites is 1. The zero-order valence-electron chi connectivity index (χ0n) is 12.3. The summed E-state index contributed by atoms with van der Waals surface area (Å²) >= 11 is 0. The first kappa shape index (κ1) is 14.0. The van der Waals surface area contributed by atoms with Crippen LogP contribution in [0.5, 0.6) is 0 Å². The zero-order valence-corrected chi connectivity index (χ0v) is 12.3. The van der Waals surface area contributed by atoms with Crippen molar-refractivity contribution >= 4 is 10.9 Å². The molecule has 0 aliphatic heterocycles. The van der Waals surface area contributed by atoms with E-state index in [1.807, 2.05) is 0 Å². The van der Waals surface area contributed by atoms with E-state index in [9.17, 15) is 0 Å². The van der Waals surface area contributed by atoms with Crippen molar-refractivity contribution in [3.8, 4) is 0 Å². The van der Waals surface area contributed by atoms with Crippen molar-refractivity contribution in [2.45, 2.75) is 58.8 Å². The van der Waals surface area contributed by atoms with Crippen LogP contribution in [0.15, 0.2) is 30.3 Å². The van der Waals surface area contributed by atoms with E-state index in [0.29, 0.717) is 0 Å². The lowest BCUT2D eigenvalue weighted by molar-refractivity contribution is 0.608. The highest BCUT2D eigenvalue weighted by atomic mass is 14.7. The summed E-state index contributed by atoms with van der Waals surface area (Å²) in [4.78, 5) is 4.70. The normalized spacial score (nSPS) is 11.1. The molecule has 0 aliphatic rings. The Hall–Kier alpha value is -1.37. The number of benzene rings is 1. The third-order valence-electron chi connectivity index (χ3n) is 3.74. The molecule has 0 spiro atoms. The van der Waals surface area contributed by atoms with Gasteiger partial charge < -0.3 is 0 Å². The molecule has 0 unspecified atom stereocenters. The van der Waals surface area contributed by atoms with Gasteiger partial charge in [-0.05, 0) is 31.4 Å². The molecule has 102 valence electrons. The van der Waals surface area contributed by atoms with E-state index in [0.717, 1.165) is 5.69 Å². The average Bonchev–Trinajstić information content (AvgIpc) is 2.43. The van der Waals surface area contributed by atoms with E-state index in [4.69, 9.17) is 4.98 Å². The van der Waals surface area contributed by atoms with Crippen molar-refractivity contribution in [3.05, 3.63) is 41.6 Å². The van der Waals surface area contributed by atoms with Crippen molar-refractivity contribution in [1.82, 2.24) is 4.98 Å². The molecular weight excluding hydrogens is 230 g/mol. The molecular formula is C18H25N. The second-order valence-electron chi connectivity index (χ2n) is 5.46. The van der Waals surface area contributed by atoms with E-state index < -0.39 is 0 Å². The van der Waals surface area contributed by atoms with Crippen molar-refractivity contribution in [3.63, 3.8) is 0 Å². The summed E-state index contributed by atoms with van der Waals surface area (Å²) in [5, 5.41) is 1.27. The number of fused-ring (bicyclic) bond motifs is 1. The summed E-state index contributed by atoms with van der Waals surface area (Å²) < 4.78 is 0. The van der Waals surface area contributed by atoms with E-state index >= 15 is 0 Å². The van der Waals surface area contributed by atoms with Gasteiger partial charge in [-0.25, -0.2) is 0 Å². The highest BCUT2D eigenvalue weighted by Gasteiger charge is 2.02. The van der Waals surface area contributed by atoms with E-state index in [1.165, 1.54) is 61.4 Å². The molecule has 2 aromatic rings. The Morgan fingerprint density at radius 2 is 1.68 bits per heavy atom. The van der Waals surface area contributed by atoms with Crippen molar-refractivity contribution < 1.29 is 0 Å². The Kier molecular flexibility index (Phi) is 5.38. The van der Waals surface area contributed by atoms with Crippen LogP contribution in [0.2, 0.25) is 0 Å². The van der Waals surface area contributed by atoms with Crippen LogP contribution in [0.3, 0.4) is 0 Å². The quantitative estimate of drug-likeness (QED) is 0.600. The Bertz CT molecular complexity index is 516. The summed E-state index contributed by atoms with van der Waals surface area (Å²) in [5.74, 6) is 0. The second-order valence-corrected chi connectivity index (χ2v) is 5.46. The number of aromatic nitrogens is 1. The largest absolute Gasteiger partial charge is 0.253 e. The lowest BCUT2D eigenvalue weighted by Gasteiger charge is -2.06. The summed E-state index contributed by atoms with van der Waals surface area (Å²) in [7, 11) is 0. The maximum Gasteiger partial charge on any atom is 0.0737 e. The molecule has 0 atom stereocenters. The highest BCUT2D eigenvalue weighted by Crippen LogP contribution is 2.19. The monoisotopic (exact) mass is 255 g/mol. The standard InChI is InChI=1S/C18H25N/c1-3-4-5-6-7-8-10-16-11-9-12-17-14-13-15(2)19-18(16)17/h9,11-14H,3-8,10H2,1-2H3. The van der Waals surface area contributed by atoms with Crippen LogP contribution in [-0.2, 0) is 6.42 Å². The molecule has 1 heteroatoms. The summed E-state index contributed by atoms with van der Waals surface area (Å²) in [6, 6.07) is 10.8. The Morgan fingerprint density at radius 1 is 0.895 bits per heavy atom. The number of hydrogen-bond acceptors (Lipinski definition) is 1. The van der Waals surface area contributed by atoms with E-state index in [2.05, 4.69) is 44.2 Å². The molecule has 1 nitrogen and oxygen atoms in total. The highest BCUT2D eigenvalue weighted by molar-refractivity contribution is 5.81. The minimum atomic E-state index is 1.11. The summed E-state index contributed by atoms with van der Waals surface area (Å²) in [6.07, 6.45) is 9.29. The smallest absolute Gasteiger partial charge is 0.0737 e. The SMILES string of the molecule is CCCCCCCCc1cccc2ccc(C)nc12. The number of hydrogen-bond donors (Lipinski definition) is 0. The van der Waals surface area contributed by atoms with Crippen molar-refractivity contribution in [2.75, 3.05) is 0 Å². The predicted molar refractivity (Wildman–Crippen MR) is 83.6 cm³/mol. The molecule has 1 aromatic carbocycles. The van der Waals surface area contributed by atoms with Gasteiger partial charge in [0.05, 0.1) is 5.52 Å². The van der Waals surface area contributed by atoms with Gasteiger partial charge in [0.25, 0.3) is 0 Å². The molecule has 0 radical (unpaired) electrons. The fraction of sp³-hybridized carbons (Fsp3) is 0.500. The molecule has 0 amide bonds. The molecule has 2 rings (SSSR count). The lowest BCUT2D eigenvalue weighted by Crippen LogP contribution is -1.92. The second kappa shape index (κ2) is 7.28. The van der Waals surface area contributed by atoms with Crippen LogP contribution in [0.1, 0.15) is 56.7 Å². The Labute approximate surface area is 117 Å². The van der Waals surface area contributed by atoms with E-state index in [1.54, 1.807) is 0 Å². The van der Waals surface area contributed by atoms with Crippen molar-refractivity contribution in [1.29, 1.82) is 0 Å². The number of rotatable bonds is 7. The van der Waals surface area contributed by atoms with Crippen LogP contribution in [0, 0.1) is 6.92 Å². The first-order valence-corrected chi connectivity index (χ1v) is 7.66. The lowest BCUT2D eigenvalue weighted by atomic mass is 10.0. The number of pyridine rings is 1. The van der Waals surface area contributed by atoms with Crippen LogP contribution in [0.4, 0.5) is 0 Å². The molecule has 0 N–H and O–H groups in total. The molecule has 0 saturated heterocycles. The Balaban J connectivity index is 1.95. The van der Waals surface area contributed by atoms with Gasteiger partial charge in [0.2, 0.25) is 0 Å². The maximum atomic E-state index is 4.70. The maximum absolute atomic E-state index is 4.70. The van der Waals surface area contributed by atoms with Gasteiger partial charge in [0.15, 0.2) is 0 Å². The Morgan fingerprint density at radius 3 is 2.53 bits per heavy atom. The van der Waals surface area contributed by atoms with Gasteiger partial charge in [-0.2, -0.15) is 0 Å². The number of unbranched alkanes of at least 4 members (excludes halogenated alkanes) is 5. The minimum absolute atomic E-state index is 1.11. The molecule has 0 bridgehead atoms. The van der Waals surface area contributed by atoms with Gasteiger partial charge >= 0.3 is 0 Å². The van der Waals surface area contributed by atoms with Crippen LogP contribution in [0.25, 0.3) is 10.9 Å². The summed E-state index contributed by atoms with van der Waals surface area (Å²) in [6.45, 7) is 4.34. The molecule has 1 aromatic heterocycles. The van der Waals surface area contributed by atoms with Gasteiger partial charge in [0.1, 0.15) is 0 Å². The van der Waals surface area contributed by atoms with Gasteiger partial charge in [-0.15, -0.1) is 0 Å².